The predicted octanol–water partition coefficient (Wildman–Crippen LogP) is 4.53. The highest BCUT2D eigenvalue weighted by atomic mass is 35.5. The molecule has 1 N–H and O–H groups in total. The number of carbonyl (C=O) groups excluding carboxylic acids is 1. The molecule has 104 valence electrons. The molecular formula is C14H11Cl3N2O. The molecule has 0 aliphatic heterocycles. The lowest BCUT2D eigenvalue weighted by atomic mass is 10.1. The van der Waals surface area contributed by atoms with Gasteiger partial charge in [0.05, 0.1) is 16.6 Å². The summed E-state index contributed by atoms with van der Waals surface area (Å²) in [6, 6.07) is 8.50. The third-order valence-corrected chi connectivity index (χ3v) is 3.64. The molecule has 1 unspecified atom stereocenters. The van der Waals surface area contributed by atoms with Crippen molar-refractivity contribution >= 4 is 40.7 Å². The van der Waals surface area contributed by atoms with Gasteiger partial charge < -0.3 is 5.32 Å². The topological polar surface area (TPSA) is 42.0 Å². The summed E-state index contributed by atoms with van der Waals surface area (Å²) in [5, 5.41) is 3.88. The number of pyridine rings is 1. The minimum atomic E-state index is -0.327. The summed E-state index contributed by atoms with van der Waals surface area (Å²) < 4.78 is 0. The van der Waals surface area contributed by atoms with E-state index in [1.807, 2.05) is 25.1 Å². The summed E-state index contributed by atoms with van der Waals surface area (Å²) in [6.45, 7) is 1.84. The first-order valence-electron chi connectivity index (χ1n) is 5.85. The first-order chi connectivity index (χ1) is 9.49. The Morgan fingerprint density at radius 2 is 1.90 bits per heavy atom. The number of benzene rings is 1. The number of nitrogens with zero attached hydrogens (tertiary/aromatic N) is 1. The van der Waals surface area contributed by atoms with Crippen molar-refractivity contribution in [3.8, 4) is 0 Å². The van der Waals surface area contributed by atoms with Crippen LogP contribution in [0.1, 0.15) is 28.9 Å². The van der Waals surface area contributed by atoms with Gasteiger partial charge in [0.1, 0.15) is 5.15 Å². The van der Waals surface area contributed by atoms with Gasteiger partial charge in [-0.2, -0.15) is 0 Å². The van der Waals surface area contributed by atoms with Gasteiger partial charge in [-0.05, 0) is 24.6 Å². The Bertz CT molecular complexity index is 646. The van der Waals surface area contributed by atoms with E-state index in [-0.39, 0.29) is 27.7 Å². The summed E-state index contributed by atoms with van der Waals surface area (Å²) >= 11 is 17.8. The summed E-state index contributed by atoms with van der Waals surface area (Å²) in [7, 11) is 0. The fraction of sp³-hybridized carbons (Fsp3) is 0.143. The van der Waals surface area contributed by atoms with Crippen molar-refractivity contribution < 1.29 is 4.79 Å². The van der Waals surface area contributed by atoms with E-state index in [0.717, 1.165) is 5.56 Å². The first-order valence-corrected chi connectivity index (χ1v) is 6.98. The molecule has 1 aromatic carbocycles. The lowest BCUT2D eigenvalue weighted by Crippen LogP contribution is -2.27. The molecule has 1 amide bonds. The molecule has 0 saturated heterocycles. The zero-order valence-electron chi connectivity index (χ0n) is 10.5. The maximum absolute atomic E-state index is 12.2. The lowest BCUT2D eigenvalue weighted by Gasteiger charge is -2.16. The van der Waals surface area contributed by atoms with E-state index in [2.05, 4.69) is 10.3 Å². The number of amides is 1. The van der Waals surface area contributed by atoms with Gasteiger partial charge in [0.25, 0.3) is 5.91 Å². The quantitative estimate of drug-likeness (QED) is 0.840. The second kappa shape index (κ2) is 6.44. The summed E-state index contributed by atoms with van der Waals surface area (Å²) in [4.78, 5) is 16.0. The number of hydrogen-bond donors (Lipinski definition) is 1. The number of carbonyl (C=O) groups is 1. The van der Waals surface area contributed by atoms with E-state index in [9.17, 15) is 4.79 Å². The van der Waals surface area contributed by atoms with Gasteiger partial charge in [0.2, 0.25) is 0 Å². The standard InChI is InChI=1S/C14H11Cl3N2O/c1-8(9-4-2-3-5-11(9)15)19-14(20)10-6-13(17)18-7-12(10)16/h2-8H,1H3,(H,19,20). The molecule has 1 aromatic heterocycles. The van der Waals surface area contributed by atoms with Gasteiger partial charge in [0.15, 0.2) is 0 Å². The van der Waals surface area contributed by atoms with Crippen LogP contribution in [0.15, 0.2) is 36.5 Å². The molecule has 0 bridgehead atoms. The molecule has 1 atom stereocenters. The normalized spacial score (nSPS) is 12.0. The Balaban J connectivity index is 2.20. The van der Waals surface area contributed by atoms with Crippen LogP contribution in [0.4, 0.5) is 0 Å². The number of aromatic nitrogens is 1. The Morgan fingerprint density at radius 3 is 2.60 bits per heavy atom. The van der Waals surface area contributed by atoms with Crippen molar-refractivity contribution in [1.82, 2.24) is 10.3 Å². The second-order valence-corrected chi connectivity index (χ2v) is 5.41. The monoisotopic (exact) mass is 328 g/mol. The van der Waals surface area contributed by atoms with Gasteiger partial charge in [-0.3, -0.25) is 4.79 Å². The molecule has 0 aliphatic rings. The highest BCUT2D eigenvalue weighted by Gasteiger charge is 2.16. The van der Waals surface area contributed by atoms with Gasteiger partial charge >= 0.3 is 0 Å². The first kappa shape index (κ1) is 15.1. The van der Waals surface area contributed by atoms with Crippen LogP contribution in [0, 0.1) is 0 Å². The summed E-state index contributed by atoms with van der Waals surface area (Å²) in [5.41, 5.74) is 1.12. The van der Waals surface area contributed by atoms with Gasteiger partial charge in [-0.15, -0.1) is 0 Å². The van der Waals surface area contributed by atoms with Crippen molar-refractivity contribution in [2.24, 2.45) is 0 Å². The zero-order valence-corrected chi connectivity index (χ0v) is 12.8. The average molecular weight is 330 g/mol. The Labute approximate surface area is 131 Å². The molecule has 6 heteroatoms. The van der Waals surface area contributed by atoms with E-state index in [1.165, 1.54) is 12.3 Å². The average Bonchev–Trinajstić information content (AvgIpc) is 2.41. The molecule has 1 heterocycles. The molecule has 0 aliphatic carbocycles. The van der Waals surface area contributed by atoms with Crippen LogP contribution < -0.4 is 5.32 Å². The van der Waals surface area contributed by atoms with E-state index in [1.54, 1.807) is 6.07 Å². The Kier molecular flexibility index (Phi) is 4.86. The van der Waals surface area contributed by atoms with Crippen molar-refractivity contribution in [3.05, 3.63) is 62.9 Å². The molecule has 0 saturated carbocycles. The van der Waals surface area contributed by atoms with E-state index in [0.29, 0.717) is 5.02 Å². The van der Waals surface area contributed by atoms with Crippen LogP contribution in [-0.2, 0) is 0 Å². The molecular weight excluding hydrogens is 319 g/mol. The SMILES string of the molecule is CC(NC(=O)c1cc(Cl)ncc1Cl)c1ccccc1Cl. The number of rotatable bonds is 3. The Morgan fingerprint density at radius 1 is 1.20 bits per heavy atom. The van der Waals surface area contributed by atoms with Gasteiger partial charge in [-0.25, -0.2) is 4.98 Å². The Hall–Kier alpha value is -1.29. The molecule has 2 rings (SSSR count). The molecule has 2 aromatic rings. The van der Waals surface area contributed by atoms with Gasteiger partial charge in [-0.1, -0.05) is 53.0 Å². The highest BCUT2D eigenvalue weighted by Crippen LogP contribution is 2.24. The zero-order chi connectivity index (χ0) is 14.7. The van der Waals surface area contributed by atoms with Crippen LogP contribution >= 0.6 is 34.8 Å². The molecule has 3 nitrogen and oxygen atoms in total. The maximum atomic E-state index is 12.2. The van der Waals surface area contributed by atoms with Crippen molar-refractivity contribution in [3.63, 3.8) is 0 Å². The minimum absolute atomic E-state index is 0.213. The molecule has 0 spiro atoms. The molecule has 20 heavy (non-hydrogen) atoms. The smallest absolute Gasteiger partial charge is 0.253 e. The maximum Gasteiger partial charge on any atom is 0.253 e. The van der Waals surface area contributed by atoms with Crippen LogP contribution in [0.3, 0.4) is 0 Å². The highest BCUT2D eigenvalue weighted by molar-refractivity contribution is 6.35. The van der Waals surface area contributed by atoms with Crippen LogP contribution in [0.5, 0.6) is 0 Å². The predicted molar refractivity (Wildman–Crippen MR) is 81.6 cm³/mol. The minimum Gasteiger partial charge on any atom is -0.345 e. The third kappa shape index (κ3) is 3.42. The van der Waals surface area contributed by atoms with E-state index in [4.69, 9.17) is 34.8 Å². The fourth-order valence-corrected chi connectivity index (χ4v) is 2.41. The largest absolute Gasteiger partial charge is 0.345 e. The van der Waals surface area contributed by atoms with Crippen LogP contribution in [0.2, 0.25) is 15.2 Å². The van der Waals surface area contributed by atoms with Crippen molar-refractivity contribution in [1.29, 1.82) is 0 Å². The molecule has 0 fully saturated rings. The number of hydrogen-bond acceptors (Lipinski definition) is 2. The fourth-order valence-electron chi connectivity index (χ4n) is 1.77. The van der Waals surface area contributed by atoms with Gasteiger partial charge in [0, 0.05) is 11.2 Å². The summed E-state index contributed by atoms with van der Waals surface area (Å²) in [6.07, 6.45) is 1.35. The molecule has 0 radical (unpaired) electrons. The van der Waals surface area contributed by atoms with E-state index >= 15 is 0 Å². The second-order valence-electron chi connectivity index (χ2n) is 4.20. The van der Waals surface area contributed by atoms with Crippen LogP contribution in [-0.4, -0.2) is 10.9 Å². The number of nitrogens with one attached hydrogen (secondary N) is 1. The van der Waals surface area contributed by atoms with Crippen molar-refractivity contribution in [2.45, 2.75) is 13.0 Å². The number of halogens is 3. The van der Waals surface area contributed by atoms with E-state index < -0.39 is 0 Å². The van der Waals surface area contributed by atoms with Crippen molar-refractivity contribution in [2.75, 3.05) is 0 Å². The summed E-state index contributed by atoms with van der Waals surface area (Å²) in [5.74, 6) is -0.327. The lowest BCUT2D eigenvalue weighted by molar-refractivity contribution is 0.0940. The van der Waals surface area contributed by atoms with Crippen LogP contribution in [0.25, 0.3) is 0 Å². The third-order valence-electron chi connectivity index (χ3n) is 2.79.